The molecular formula is C12H13N3O. The molecule has 4 heteroatoms. The number of carbonyl (C=O) groups excluding carboxylic acids is 1. The van der Waals surface area contributed by atoms with E-state index in [1.165, 1.54) is 0 Å². The quantitative estimate of drug-likeness (QED) is 0.716. The first-order valence-corrected chi connectivity index (χ1v) is 5.04. The molecule has 2 heterocycles. The standard InChI is InChI=1S/C12H13N3O/c1-8-4-9(2)11(13-5-8)12(16)10-6-14-15(3)7-10/h4-7H,1-3H3. The van der Waals surface area contributed by atoms with Crippen molar-refractivity contribution in [3.05, 3.63) is 47.0 Å². The summed E-state index contributed by atoms with van der Waals surface area (Å²) in [4.78, 5) is 16.3. The lowest BCUT2D eigenvalue weighted by Gasteiger charge is -2.02. The summed E-state index contributed by atoms with van der Waals surface area (Å²) in [6, 6.07) is 1.95. The Hall–Kier alpha value is -1.97. The second-order valence-electron chi connectivity index (χ2n) is 3.91. The van der Waals surface area contributed by atoms with E-state index in [2.05, 4.69) is 10.1 Å². The van der Waals surface area contributed by atoms with Gasteiger partial charge in [0.05, 0.1) is 11.8 Å². The Labute approximate surface area is 93.9 Å². The fourth-order valence-corrected chi connectivity index (χ4v) is 1.63. The lowest BCUT2D eigenvalue weighted by Crippen LogP contribution is -2.06. The maximum atomic E-state index is 12.1. The van der Waals surface area contributed by atoms with E-state index < -0.39 is 0 Å². The van der Waals surface area contributed by atoms with Crippen molar-refractivity contribution in [1.82, 2.24) is 14.8 Å². The molecule has 0 radical (unpaired) electrons. The first-order valence-electron chi connectivity index (χ1n) is 5.04. The van der Waals surface area contributed by atoms with Crippen LogP contribution >= 0.6 is 0 Å². The van der Waals surface area contributed by atoms with Crippen molar-refractivity contribution in [2.75, 3.05) is 0 Å². The highest BCUT2D eigenvalue weighted by molar-refractivity contribution is 6.08. The zero-order valence-electron chi connectivity index (χ0n) is 9.56. The van der Waals surface area contributed by atoms with Gasteiger partial charge < -0.3 is 0 Å². The molecule has 2 aromatic rings. The SMILES string of the molecule is Cc1cnc(C(=O)c2cnn(C)c2)c(C)c1. The Morgan fingerprint density at radius 1 is 1.31 bits per heavy atom. The summed E-state index contributed by atoms with van der Waals surface area (Å²) in [5.41, 5.74) is 3.02. The van der Waals surface area contributed by atoms with Crippen molar-refractivity contribution in [3.8, 4) is 0 Å². The van der Waals surface area contributed by atoms with Crippen LogP contribution in [0.15, 0.2) is 24.7 Å². The molecule has 16 heavy (non-hydrogen) atoms. The third-order valence-corrected chi connectivity index (χ3v) is 2.40. The van der Waals surface area contributed by atoms with Crippen LogP contribution in [0.4, 0.5) is 0 Å². The maximum Gasteiger partial charge on any atom is 0.214 e. The minimum absolute atomic E-state index is 0.0781. The van der Waals surface area contributed by atoms with Gasteiger partial charge in [-0.1, -0.05) is 6.07 Å². The van der Waals surface area contributed by atoms with Crippen LogP contribution in [0.1, 0.15) is 27.2 Å². The molecule has 82 valence electrons. The summed E-state index contributed by atoms with van der Waals surface area (Å²) in [7, 11) is 1.78. The lowest BCUT2D eigenvalue weighted by molar-refractivity contribution is 0.103. The summed E-state index contributed by atoms with van der Waals surface area (Å²) in [5, 5.41) is 3.98. The first kappa shape index (κ1) is 10.5. The third kappa shape index (κ3) is 1.86. The van der Waals surface area contributed by atoms with E-state index in [0.717, 1.165) is 11.1 Å². The highest BCUT2D eigenvalue weighted by Gasteiger charge is 2.14. The zero-order valence-corrected chi connectivity index (χ0v) is 9.56. The van der Waals surface area contributed by atoms with E-state index >= 15 is 0 Å². The maximum absolute atomic E-state index is 12.1. The molecule has 0 fully saturated rings. The molecule has 0 atom stereocenters. The molecule has 0 N–H and O–H groups in total. The normalized spacial score (nSPS) is 10.4. The minimum Gasteiger partial charge on any atom is -0.287 e. The van der Waals surface area contributed by atoms with Gasteiger partial charge in [-0.3, -0.25) is 14.5 Å². The van der Waals surface area contributed by atoms with E-state index in [0.29, 0.717) is 11.3 Å². The van der Waals surface area contributed by atoms with E-state index in [1.807, 2.05) is 19.9 Å². The molecule has 0 aliphatic carbocycles. The van der Waals surface area contributed by atoms with Crippen LogP contribution in [0.5, 0.6) is 0 Å². The third-order valence-electron chi connectivity index (χ3n) is 2.40. The average molecular weight is 215 g/mol. The number of hydrogen-bond donors (Lipinski definition) is 0. The number of aryl methyl sites for hydroxylation is 3. The predicted octanol–water partition coefficient (Wildman–Crippen LogP) is 1.66. The number of ketones is 1. The average Bonchev–Trinajstić information content (AvgIpc) is 2.64. The molecule has 0 aliphatic rings. The van der Waals surface area contributed by atoms with Crippen LogP contribution in [0.25, 0.3) is 0 Å². The summed E-state index contributed by atoms with van der Waals surface area (Å²) >= 11 is 0. The highest BCUT2D eigenvalue weighted by atomic mass is 16.1. The van der Waals surface area contributed by atoms with Crippen molar-refractivity contribution in [2.24, 2.45) is 7.05 Å². The topological polar surface area (TPSA) is 47.8 Å². The number of aromatic nitrogens is 3. The van der Waals surface area contributed by atoms with Crippen LogP contribution in [-0.2, 0) is 7.05 Å². The van der Waals surface area contributed by atoms with Gasteiger partial charge in [-0.25, -0.2) is 0 Å². The summed E-state index contributed by atoms with van der Waals surface area (Å²) in [6.07, 6.45) is 4.96. The van der Waals surface area contributed by atoms with Crippen LogP contribution in [0, 0.1) is 13.8 Å². The second kappa shape index (κ2) is 3.89. The van der Waals surface area contributed by atoms with E-state index in [1.54, 1.807) is 30.3 Å². The Bertz CT molecular complexity index is 543. The van der Waals surface area contributed by atoms with Crippen LogP contribution in [0.3, 0.4) is 0 Å². The summed E-state index contributed by atoms with van der Waals surface area (Å²) in [6.45, 7) is 3.85. The molecular weight excluding hydrogens is 202 g/mol. The Balaban J connectivity index is 2.41. The predicted molar refractivity (Wildman–Crippen MR) is 60.4 cm³/mol. The fraction of sp³-hybridized carbons (Fsp3) is 0.250. The molecule has 0 amide bonds. The number of nitrogens with zero attached hydrogens (tertiary/aromatic N) is 3. The molecule has 0 unspecified atom stereocenters. The monoisotopic (exact) mass is 215 g/mol. The van der Waals surface area contributed by atoms with Crippen LogP contribution in [0.2, 0.25) is 0 Å². The molecule has 4 nitrogen and oxygen atoms in total. The lowest BCUT2D eigenvalue weighted by atomic mass is 10.1. The Morgan fingerprint density at radius 2 is 2.06 bits per heavy atom. The number of carbonyl (C=O) groups is 1. The van der Waals surface area contributed by atoms with Gasteiger partial charge in [0.1, 0.15) is 5.69 Å². The minimum atomic E-state index is -0.0781. The molecule has 0 spiro atoms. The highest BCUT2D eigenvalue weighted by Crippen LogP contribution is 2.12. The summed E-state index contributed by atoms with van der Waals surface area (Å²) in [5.74, 6) is -0.0781. The molecule has 0 bridgehead atoms. The summed E-state index contributed by atoms with van der Waals surface area (Å²) < 4.78 is 1.61. The smallest absolute Gasteiger partial charge is 0.214 e. The van der Waals surface area contributed by atoms with Gasteiger partial charge in [-0.2, -0.15) is 5.10 Å². The second-order valence-corrected chi connectivity index (χ2v) is 3.91. The van der Waals surface area contributed by atoms with Crippen molar-refractivity contribution >= 4 is 5.78 Å². The van der Waals surface area contributed by atoms with E-state index in [4.69, 9.17) is 0 Å². The van der Waals surface area contributed by atoms with Crippen molar-refractivity contribution in [1.29, 1.82) is 0 Å². The van der Waals surface area contributed by atoms with Gasteiger partial charge in [-0.05, 0) is 25.0 Å². The number of hydrogen-bond acceptors (Lipinski definition) is 3. The van der Waals surface area contributed by atoms with E-state index in [9.17, 15) is 4.79 Å². The Kier molecular flexibility index (Phi) is 2.56. The molecule has 2 aromatic heterocycles. The van der Waals surface area contributed by atoms with Crippen LogP contribution in [-0.4, -0.2) is 20.5 Å². The molecule has 0 aliphatic heterocycles. The van der Waals surface area contributed by atoms with Crippen LogP contribution < -0.4 is 0 Å². The molecule has 0 saturated carbocycles. The van der Waals surface area contributed by atoms with Crippen molar-refractivity contribution in [3.63, 3.8) is 0 Å². The van der Waals surface area contributed by atoms with Gasteiger partial charge in [0.2, 0.25) is 5.78 Å². The van der Waals surface area contributed by atoms with Crippen molar-refractivity contribution in [2.45, 2.75) is 13.8 Å². The van der Waals surface area contributed by atoms with Gasteiger partial charge in [0, 0.05) is 19.4 Å². The van der Waals surface area contributed by atoms with Crippen molar-refractivity contribution < 1.29 is 4.79 Å². The number of rotatable bonds is 2. The van der Waals surface area contributed by atoms with E-state index in [-0.39, 0.29) is 5.78 Å². The van der Waals surface area contributed by atoms with Gasteiger partial charge in [0.25, 0.3) is 0 Å². The van der Waals surface area contributed by atoms with Gasteiger partial charge in [-0.15, -0.1) is 0 Å². The number of pyridine rings is 1. The molecule has 0 saturated heterocycles. The molecule has 2 rings (SSSR count). The Morgan fingerprint density at radius 3 is 2.62 bits per heavy atom. The largest absolute Gasteiger partial charge is 0.287 e. The zero-order chi connectivity index (χ0) is 11.7. The van der Waals surface area contributed by atoms with Gasteiger partial charge >= 0.3 is 0 Å². The van der Waals surface area contributed by atoms with Gasteiger partial charge in [0.15, 0.2) is 0 Å². The fourth-order valence-electron chi connectivity index (χ4n) is 1.63. The molecule has 0 aromatic carbocycles. The first-order chi connectivity index (χ1) is 7.58.